The van der Waals surface area contributed by atoms with Gasteiger partial charge in [-0.2, -0.15) is 0 Å². The Hall–Kier alpha value is -1.10. The van der Waals surface area contributed by atoms with E-state index >= 15 is 0 Å². The molecule has 2 N–H and O–H groups in total. The van der Waals surface area contributed by atoms with Crippen LogP contribution in [0.1, 0.15) is 52.9 Å². The van der Waals surface area contributed by atoms with Crippen molar-refractivity contribution < 1.29 is 14.3 Å². The number of guanidine groups is 1. The molecule has 1 aliphatic heterocycles. The number of hydrogen-bond acceptors (Lipinski definition) is 4. The summed E-state index contributed by atoms with van der Waals surface area (Å²) in [6.07, 6.45) is 4.44. The van der Waals surface area contributed by atoms with Crippen LogP contribution in [0.2, 0.25) is 0 Å². The number of amides is 2. The molecule has 9 heteroatoms. The molecule has 1 aliphatic rings. The monoisotopic (exact) mass is 539 g/mol. The van der Waals surface area contributed by atoms with Crippen LogP contribution in [0.4, 0.5) is 0 Å². The summed E-state index contributed by atoms with van der Waals surface area (Å²) in [4.78, 5) is 32.5. The van der Waals surface area contributed by atoms with Gasteiger partial charge in [-0.3, -0.25) is 9.59 Å². The molecule has 0 radical (unpaired) electrons. The quantitative estimate of drug-likeness (QED) is 0.182. The Morgan fingerprint density at radius 1 is 1.17 bits per heavy atom. The fourth-order valence-electron chi connectivity index (χ4n) is 3.30. The third-order valence-corrected chi connectivity index (χ3v) is 5.32. The molecule has 0 atom stereocenters. The SMILES string of the molecule is CCOCCCNC(=NCC(=O)N(C)C)NC1CCN(C(=O)C(CC)CC)CC1.I. The van der Waals surface area contributed by atoms with Gasteiger partial charge in [-0.1, -0.05) is 13.8 Å². The zero-order valence-electron chi connectivity index (χ0n) is 19.4. The van der Waals surface area contributed by atoms with E-state index < -0.39 is 0 Å². The third kappa shape index (κ3) is 10.8. The first kappa shape index (κ1) is 28.9. The van der Waals surface area contributed by atoms with Gasteiger partial charge in [0, 0.05) is 58.9 Å². The highest BCUT2D eigenvalue weighted by molar-refractivity contribution is 14.0. The highest BCUT2D eigenvalue weighted by atomic mass is 127. The molecule has 0 bridgehead atoms. The molecule has 1 heterocycles. The minimum absolute atomic E-state index is 0. The van der Waals surface area contributed by atoms with E-state index in [2.05, 4.69) is 29.5 Å². The molecule has 1 rings (SSSR count). The number of halogens is 1. The molecular weight excluding hydrogens is 497 g/mol. The smallest absolute Gasteiger partial charge is 0.243 e. The maximum Gasteiger partial charge on any atom is 0.243 e. The largest absolute Gasteiger partial charge is 0.382 e. The van der Waals surface area contributed by atoms with Crippen molar-refractivity contribution >= 4 is 41.8 Å². The average Bonchev–Trinajstić information content (AvgIpc) is 2.72. The highest BCUT2D eigenvalue weighted by Crippen LogP contribution is 2.17. The van der Waals surface area contributed by atoms with Gasteiger partial charge in [0.05, 0.1) is 0 Å². The Balaban J connectivity index is 0.00000841. The number of nitrogens with zero attached hydrogens (tertiary/aromatic N) is 3. The van der Waals surface area contributed by atoms with E-state index in [1.165, 1.54) is 4.90 Å². The molecule has 0 spiro atoms. The topological polar surface area (TPSA) is 86.3 Å². The van der Waals surface area contributed by atoms with Crippen molar-refractivity contribution in [2.75, 3.05) is 53.5 Å². The van der Waals surface area contributed by atoms with Crippen LogP contribution in [0, 0.1) is 5.92 Å². The van der Waals surface area contributed by atoms with E-state index in [9.17, 15) is 9.59 Å². The summed E-state index contributed by atoms with van der Waals surface area (Å²) in [5.74, 6) is 1.04. The Morgan fingerprint density at radius 2 is 1.80 bits per heavy atom. The summed E-state index contributed by atoms with van der Waals surface area (Å²) >= 11 is 0. The van der Waals surface area contributed by atoms with Gasteiger partial charge < -0.3 is 25.2 Å². The molecule has 0 saturated carbocycles. The summed E-state index contributed by atoms with van der Waals surface area (Å²) in [6.45, 7) is 9.92. The van der Waals surface area contributed by atoms with Crippen LogP contribution in [0.3, 0.4) is 0 Å². The molecule has 2 amide bonds. The van der Waals surface area contributed by atoms with Crippen molar-refractivity contribution in [2.24, 2.45) is 10.9 Å². The zero-order valence-corrected chi connectivity index (χ0v) is 21.7. The number of carbonyl (C=O) groups is 2. The van der Waals surface area contributed by atoms with Crippen molar-refractivity contribution in [3.63, 3.8) is 0 Å². The predicted molar refractivity (Wildman–Crippen MR) is 132 cm³/mol. The molecule has 8 nitrogen and oxygen atoms in total. The summed E-state index contributed by atoms with van der Waals surface area (Å²) < 4.78 is 5.37. The van der Waals surface area contributed by atoms with Crippen molar-refractivity contribution in [3.8, 4) is 0 Å². The standard InChI is InChI=1S/C21H41N5O3.HI/c1-6-17(7-2)20(28)26-13-10-18(11-14-26)24-21(22-12-9-15-29-8-3)23-16-19(27)25(4)5;/h17-18H,6-16H2,1-5H3,(H2,22,23,24);1H. The Labute approximate surface area is 199 Å². The molecule has 30 heavy (non-hydrogen) atoms. The van der Waals surface area contributed by atoms with Crippen LogP contribution in [-0.2, 0) is 14.3 Å². The number of piperidine rings is 1. The summed E-state index contributed by atoms with van der Waals surface area (Å²) in [6, 6.07) is 0.244. The summed E-state index contributed by atoms with van der Waals surface area (Å²) in [7, 11) is 3.46. The number of likely N-dealkylation sites (N-methyl/N-ethyl adjacent to an activating group) is 1. The van der Waals surface area contributed by atoms with Crippen molar-refractivity contribution in [2.45, 2.75) is 58.9 Å². The molecule has 176 valence electrons. The first-order valence-electron chi connectivity index (χ1n) is 11.0. The van der Waals surface area contributed by atoms with Crippen LogP contribution in [0.5, 0.6) is 0 Å². The Morgan fingerprint density at radius 3 is 2.33 bits per heavy atom. The first-order valence-corrected chi connectivity index (χ1v) is 11.0. The molecule has 0 aliphatic carbocycles. The lowest BCUT2D eigenvalue weighted by Gasteiger charge is -2.35. The van der Waals surface area contributed by atoms with Crippen LogP contribution >= 0.6 is 24.0 Å². The third-order valence-electron chi connectivity index (χ3n) is 5.32. The highest BCUT2D eigenvalue weighted by Gasteiger charge is 2.26. The lowest BCUT2D eigenvalue weighted by Crippen LogP contribution is -2.51. The van der Waals surface area contributed by atoms with Gasteiger partial charge in [0.25, 0.3) is 0 Å². The number of nitrogens with one attached hydrogen (secondary N) is 2. The van der Waals surface area contributed by atoms with Crippen LogP contribution in [-0.4, -0.2) is 87.1 Å². The second-order valence-corrected chi connectivity index (χ2v) is 7.69. The fourth-order valence-corrected chi connectivity index (χ4v) is 3.30. The minimum Gasteiger partial charge on any atom is -0.382 e. The van der Waals surface area contributed by atoms with Crippen molar-refractivity contribution in [1.29, 1.82) is 0 Å². The lowest BCUT2D eigenvalue weighted by atomic mass is 9.98. The van der Waals surface area contributed by atoms with E-state index in [0.717, 1.165) is 51.7 Å². The predicted octanol–water partition coefficient (Wildman–Crippen LogP) is 2.08. The van der Waals surface area contributed by atoms with Crippen molar-refractivity contribution in [3.05, 3.63) is 0 Å². The van der Waals surface area contributed by atoms with Gasteiger partial charge in [0.2, 0.25) is 11.8 Å². The number of rotatable bonds is 11. The van der Waals surface area contributed by atoms with Gasteiger partial charge in [-0.25, -0.2) is 4.99 Å². The number of hydrogen-bond donors (Lipinski definition) is 2. The van der Waals surface area contributed by atoms with Crippen LogP contribution < -0.4 is 10.6 Å². The molecule has 0 aromatic heterocycles. The molecular formula is C21H42IN5O3. The maximum atomic E-state index is 12.6. The van der Waals surface area contributed by atoms with E-state index in [4.69, 9.17) is 4.74 Å². The van der Waals surface area contributed by atoms with Crippen LogP contribution in [0.15, 0.2) is 4.99 Å². The van der Waals surface area contributed by atoms with E-state index in [1.807, 2.05) is 11.8 Å². The first-order chi connectivity index (χ1) is 13.9. The normalized spacial score (nSPS) is 15.0. The van der Waals surface area contributed by atoms with E-state index in [-0.39, 0.29) is 54.3 Å². The van der Waals surface area contributed by atoms with Gasteiger partial charge in [-0.15, -0.1) is 24.0 Å². The number of likely N-dealkylation sites (tertiary alicyclic amines) is 1. The molecule has 0 aromatic rings. The van der Waals surface area contributed by atoms with E-state index in [1.54, 1.807) is 14.1 Å². The summed E-state index contributed by atoms with van der Waals surface area (Å²) in [5.41, 5.74) is 0. The Kier molecular flexibility index (Phi) is 16.0. The molecule has 0 unspecified atom stereocenters. The molecule has 0 aromatic carbocycles. The molecule has 1 saturated heterocycles. The fraction of sp³-hybridized carbons (Fsp3) is 0.857. The second-order valence-electron chi connectivity index (χ2n) is 7.69. The summed E-state index contributed by atoms with van der Waals surface area (Å²) in [5, 5.41) is 6.75. The van der Waals surface area contributed by atoms with Gasteiger partial charge in [-0.05, 0) is 39.0 Å². The zero-order chi connectivity index (χ0) is 21.6. The molecule has 1 fully saturated rings. The number of aliphatic imine (C=N–C) groups is 1. The Bertz CT molecular complexity index is 519. The van der Waals surface area contributed by atoms with Gasteiger partial charge >= 0.3 is 0 Å². The van der Waals surface area contributed by atoms with Gasteiger partial charge in [0.15, 0.2) is 5.96 Å². The number of ether oxygens (including phenoxy) is 1. The maximum absolute atomic E-state index is 12.6. The number of carbonyl (C=O) groups excluding carboxylic acids is 2. The van der Waals surface area contributed by atoms with Crippen LogP contribution in [0.25, 0.3) is 0 Å². The second kappa shape index (κ2) is 16.6. The van der Waals surface area contributed by atoms with E-state index in [0.29, 0.717) is 19.2 Å². The van der Waals surface area contributed by atoms with Gasteiger partial charge in [0.1, 0.15) is 6.54 Å². The minimum atomic E-state index is -0.0361. The lowest BCUT2D eigenvalue weighted by molar-refractivity contribution is -0.136. The average molecular weight is 540 g/mol. The van der Waals surface area contributed by atoms with Crippen molar-refractivity contribution in [1.82, 2.24) is 20.4 Å².